The zero-order valence-electron chi connectivity index (χ0n) is 12.4. The second-order valence-electron chi connectivity index (χ2n) is 5.57. The molecule has 1 aliphatic heterocycles. The van der Waals surface area contributed by atoms with Crippen LogP contribution in [0.1, 0.15) is 19.4 Å². The molecule has 2 rings (SSSR count). The van der Waals surface area contributed by atoms with E-state index < -0.39 is 15.8 Å². The lowest BCUT2D eigenvalue weighted by molar-refractivity contribution is 0.105. The summed E-state index contributed by atoms with van der Waals surface area (Å²) in [6, 6.07) is 3.93. The van der Waals surface area contributed by atoms with Gasteiger partial charge in [-0.2, -0.15) is 4.31 Å². The molecule has 1 aliphatic rings. The van der Waals surface area contributed by atoms with Crippen molar-refractivity contribution < 1.29 is 12.8 Å². The van der Waals surface area contributed by atoms with Gasteiger partial charge in [-0.3, -0.25) is 4.90 Å². The lowest BCUT2D eigenvalue weighted by Crippen LogP contribution is -2.56. The molecule has 2 unspecified atom stereocenters. The first-order valence-electron chi connectivity index (χ1n) is 6.84. The average Bonchev–Trinajstić information content (AvgIpc) is 2.44. The molecule has 2 atom stereocenters. The second kappa shape index (κ2) is 6.20. The van der Waals surface area contributed by atoms with Crippen LogP contribution in [0, 0.1) is 5.82 Å². The lowest BCUT2D eigenvalue weighted by atomic mass is 10.1. The molecule has 0 aromatic heterocycles. The SMILES string of the molecule is CC1CN(S(=O)(=O)c2cc(F)ccc2CCl)CC(C)N1C. The van der Waals surface area contributed by atoms with Gasteiger partial charge in [0.15, 0.2) is 0 Å². The number of benzene rings is 1. The van der Waals surface area contributed by atoms with Crippen molar-refractivity contribution in [3.63, 3.8) is 0 Å². The molecule has 118 valence electrons. The molecule has 0 N–H and O–H groups in total. The van der Waals surface area contributed by atoms with Crippen LogP contribution in [0.2, 0.25) is 0 Å². The maximum absolute atomic E-state index is 13.5. The van der Waals surface area contributed by atoms with Crippen molar-refractivity contribution in [3.05, 3.63) is 29.6 Å². The van der Waals surface area contributed by atoms with E-state index >= 15 is 0 Å². The van der Waals surface area contributed by atoms with Crippen molar-refractivity contribution in [1.82, 2.24) is 9.21 Å². The van der Waals surface area contributed by atoms with Crippen LogP contribution in [-0.2, 0) is 15.9 Å². The van der Waals surface area contributed by atoms with Gasteiger partial charge in [0, 0.05) is 31.1 Å². The fourth-order valence-corrected chi connectivity index (χ4v) is 4.72. The number of rotatable bonds is 3. The van der Waals surface area contributed by atoms with E-state index in [2.05, 4.69) is 4.90 Å². The molecule has 1 heterocycles. The van der Waals surface area contributed by atoms with Crippen molar-refractivity contribution in [2.45, 2.75) is 36.7 Å². The summed E-state index contributed by atoms with van der Waals surface area (Å²) in [6.07, 6.45) is 0. The first-order chi connectivity index (χ1) is 9.77. The van der Waals surface area contributed by atoms with Crippen molar-refractivity contribution >= 4 is 21.6 Å². The van der Waals surface area contributed by atoms with Crippen LogP contribution in [0.3, 0.4) is 0 Å². The zero-order valence-corrected chi connectivity index (χ0v) is 14.0. The van der Waals surface area contributed by atoms with E-state index in [1.54, 1.807) is 0 Å². The molecule has 0 radical (unpaired) electrons. The second-order valence-corrected chi connectivity index (χ2v) is 7.74. The van der Waals surface area contributed by atoms with Crippen molar-refractivity contribution in [2.75, 3.05) is 20.1 Å². The Hall–Kier alpha value is -0.690. The molecule has 1 aromatic rings. The number of nitrogens with zero attached hydrogens (tertiary/aromatic N) is 2. The van der Waals surface area contributed by atoms with E-state index in [1.807, 2.05) is 20.9 Å². The molecule has 0 bridgehead atoms. The molecular weight excluding hydrogens is 315 g/mol. The standard InChI is InChI=1S/C14H20ClFN2O2S/c1-10-8-18(9-11(2)17(10)3)21(19,20)14-6-13(16)5-4-12(14)7-15/h4-6,10-11H,7-9H2,1-3H3. The fraction of sp³-hybridized carbons (Fsp3) is 0.571. The highest BCUT2D eigenvalue weighted by atomic mass is 35.5. The van der Waals surface area contributed by atoms with Crippen LogP contribution in [0.5, 0.6) is 0 Å². The van der Waals surface area contributed by atoms with Crippen molar-refractivity contribution in [2.24, 2.45) is 0 Å². The molecule has 1 fully saturated rings. The molecule has 1 saturated heterocycles. The number of piperazine rings is 1. The minimum Gasteiger partial charge on any atom is -0.298 e. The summed E-state index contributed by atoms with van der Waals surface area (Å²) < 4.78 is 40.5. The van der Waals surface area contributed by atoms with Crippen LogP contribution in [-0.4, -0.2) is 49.8 Å². The van der Waals surface area contributed by atoms with Crippen LogP contribution in [0.25, 0.3) is 0 Å². The van der Waals surface area contributed by atoms with E-state index in [-0.39, 0.29) is 22.9 Å². The molecule has 4 nitrogen and oxygen atoms in total. The number of halogens is 2. The Morgan fingerprint density at radius 3 is 2.38 bits per heavy atom. The van der Waals surface area contributed by atoms with Gasteiger partial charge in [-0.1, -0.05) is 6.07 Å². The summed E-state index contributed by atoms with van der Waals surface area (Å²) in [6.45, 7) is 4.74. The monoisotopic (exact) mass is 334 g/mol. The third-order valence-corrected chi connectivity index (χ3v) is 6.32. The maximum atomic E-state index is 13.5. The van der Waals surface area contributed by atoms with Gasteiger partial charge in [-0.25, -0.2) is 12.8 Å². The highest BCUT2D eigenvalue weighted by molar-refractivity contribution is 7.89. The predicted molar refractivity (Wildman–Crippen MR) is 81.4 cm³/mol. The Balaban J connectivity index is 2.41. The van der Waals surface area contributed by atoms with E-state index in [9.17, 15) is 12.8 Å². The predicted octanol–water partition coefficient (Wildman–Crippen LogP) is 2.28. The van der Waals surface area contributed by atoms with Crippen molar-refractivity contribution in [1.29, 1.82) is 0 Å². The third kappa shape index (κ3) is 3.23. The zero-order chi connectivity index (χ0) is 15.8. The van der Waals surface area contributed by atoms with Gasteiger partial charge >= 0.3 is 0 Å². The minimum absolute atomic E-state index is 0.0264. The van der Waals surface area contributed by atoms with Gasteiger partial charge < -0.3 is 0 Å². The lowest BCUT2D eigenvalue weighted by Gasteiger charge is -2.41. The van der Waals surface area contributed by atoms with E-state index in [1.165, 1.54) is 16.4 Å². The first kappa shape index (κ1) is 16.7. The average molecular weight is 335 g/mol. The number of sulfonamides is 1. The Bertz CT molecular complexity index is 611. The summed E-state index contributed by atoms with van der Waals surface area (Å²) in [5.74, 6) is -0.536. The van der Waals surface area contributed by atoms with Crippen LogP contribution < -0.4 is 0 Å². The quantitative estimate of drug-likeness (QED) is 0.796. The van der Waals surface area contributed by atoms with Crippen molar-refractivity contribution in [3.8, 4) is 0 Å². The van der Waals surface area contributed by atoms with Gasteiger partial charge in [-0.05, 0) is 38.6 Å². The van der Waals surface area contributed by atoms with E-state index in [0.717, 1.165) is 6.07 Å². The topological polar surface area (TPSA) is 40.6 Å². The Morgan fingerprint density at radius 2 is 1.86 bits per heavy atom. The number of hydrogen-bond acceptors (Lipinski definition) is 3. The van der Waals surface area contributed by atoms with Gasteiger partial charge in [0.1, 0.15) is 5.82 Å². The molecule has 7 heteroatoms. The summed E-state index contributed by atoms with van der Waals surface area (Å²) in [7, 11) is -1.76. The summed E-state index contributed by atoms with van der Waals surface area (Å²) >= 11 is 5.80. The Morgan fingerprint density at radius 1 is 1.29 bits per heavy atom. The molecule has 0 saturated carbocycles. The Kier molecular flexibility index (Phi) is 4.92. The van der Waals surface area contributed by atoms with Crippen LogP contribution >= 0.6 is 11.6 Å². The first-order valence-corrected chi connectivity index (χ1v) is 8.81. The number of alkyl halides is 1. The maximum Gasteiger partial charge on any atom is 0.243 e. The largest absolute Gasteiger partial charge is 0.298 e. The number of likely N-dealkylation sites (N-methyl/N-ethyl adjacent to an activating group) is 1. The normalized spacial score (nSPS) is 25.2. The van der Waals surface area contributed by atoms with Gasteiger partial charge in [0.2, 0.25) is 10.0 Å². The highest BCUT2D eigenvalue weighted by Gasteiger charge is 2.35. The molecule has 21 heavy (non-hydrogen) atoms. The molecule has 0 spiro atoms. The number of hydrogen-bond donors (Lipinski definition) is 0. The summed E-state index contributed by atoms with van der Waals surface area (Å²) in [4.78, 5) is 2.11. The molecular formula is C14H20ClFN2O2S. The third-order valence-electron chi connectivity index (χ3n) is 4.12. The minimum atomic E-state index is -3.73. The highest BCUT2D eigenvalue weighted by Crippen LogP contribution is 2.26. The molecule has 0 amide bonds. The van der Waals surface area contributed by atoms with Gasteiger partial charge in [0.25, 0.3) is 0 Å². The van der Waals surface area contributed by atoms with Gasteiger partial charge in [-0.15, -0.1) is 11.6 Å². The van der Waals surface area contributed by atoms with Crippen LogP contribution in [0.15, 0.2) is 23.1 Å². The van der Waals surface area contributed by atoms with E-state index in [0.29, 0.717) is 18.7 Å². The molecule has 1 aromatic carbocycles. The van der Waals surface area contributed by atoms with Gasteiger partial charge in [0.05, 0.1) is 4.90 Å². The molecule has 0 aliphatic carbocycles. The smallest absolute Gasteiger partial charge is 0.243 e. The summed E-state index contributed by atoms with van der Waals surface area (Å²) in [5.41, 5.74) is 0.428. The fourth-order valence-electron chi connectivity index (χ4n) is 2.57. The van der Waals surface area contributed by atoms with Crippen LogP contribution in [0.4, 0.5) is 4.39 Å². The van der Waals surface area contributed by atoms with E-state index in [4.69, 9.17) is 11.6 Å². The summed E-state index contributed by atoms with van der Waals surface area (Å²) in [5, 5.41) is 0. The Labute approximate surface area is 130 Å².